The van der Waals surface area contributed by atoms with Gasteiger partial charge in [0.1, 0.15) is 5.82 Å². The topological polar surface area (TPSA) is 64.8 Å². The molecular formula is C12H14ClN3O2S. The fourth-order valence-electron chi connectivity index (χ4n) is 1.82. The summed E-state index contributed by atoms with van der Waals surface area (Å²) in [6.45, 7) is 2.57. The van der Waals surface area contributed by atoms with E-state index in [0.29, 0.717) is 18.8 Å². The molecule has 0 fully saturated rings. The fourth-order valence-corrected chi connectivity index (χ4v) is 2.51. The van der Waals surface area contributed by atoms with Crippen LogP contribution in [0.5, 0.6) is 0 Å². The van der Waals surface area contributed by atoms with Crippen LogP contribution in [0.1, 0.15) is 18.3 Å². The van der Waals surface area contributed by atoms with Gasteiger partial charge in [0.15, 0.2) is 5.03 Å². The maximum absolute atomic E-state index is 11.3. The molecule has 5 nitrogen and oxygen atoms in total. The highest BCUT2D eigenvalue weighted by Gasteiger charge is 2.16. The molecular weight excluding hydrogens is 286 g/mol. The number of hydrogen-bond acceptors (Lipinski definition) is 4. The molecule has 0 aliphatic carbocycles. The zero-order valence-electron chi connectivity index (χ0n) is 10.5. The Morgan fingerprint density at radius 2 is 2.21 bits per heavy atom. The molecule has 0 saturated carbocycles. The number of imidazole rings is 1. The van der Waals surface area contributed by atoms with Gasteiger partial charge in [0.2, 0.25) is 0 Å². The summed E-state index contributed by atoms with van der Waals surface area (Å²) in [7, 11) is 1.53. The van der Waals surface area contributed by atoms with Crippen molar-refractivity contribution in [2.75, 3.05) is 0 Å². The van der Waals surface area contributed by atoms with E-state index in [9.17, 15) is 8.42 Å². The Morgan fingerprint density at radius 1 is 1.42 bits per heavy atom. The van der Waals surface area contributed by atoms with Gasteiger partial charge >= 0.3 is 0 Å². The van der Waals surface area contributed by atoms with Crippen molar-refractivity contribution < 1.29 is 8.42 Å². The van der Waals surface area contributed by atoms with Crippen LogP contribution in [0.2, 0.25) is 0 Å². The van der Waals surface area contributed by atoms with Crippen LogP contribution in [0.25, 0.3) is 0 Å². The molecule has 2 aromatic heterocycles. The van der Waals surface area contributed by atoms with Crippen molar-refractivity contribution in [2.24, 2.45) is 0 Å². The lowest BCUT2D eigenvalue weighted by Crippen LogP contribution is -2.04. The zero-order valence-corrected chi connectivity index (χ0v) is 12.0. The number of pyridine rings is 1. The number of nitrogens with zero attached hydrogens (tertiary/aromatic N) is 3. The third kappa shape index (κ3) is 3.54. The Balaban J connectivity index is 2.18. The van der Waals surface area contributed by atoms with Gasteiger partial charge < -0.3 is 4.57 Å². The molecule has 0 saturated heterocycles. The number of aromatic nitrogens is 3. The van der Waals surface area contributed by atoms with Gasteiger partial charge in [0.05, 0.1) is 0 Å². The number of rotatable bonds is 5. The van der Waals surface area contributed by atoms with Gasteiger partial charge in [-0.1, -0.05) is 13.0 Å². The molecule has 2 aromatic rings. The Morgan fingerprint density at radius 3 is 2.79 bits per heavy atom. The maximum atomic E-state index is 11.3. The van der Waals surface area contributed by atoms with Crippen LogP contribution in [-0.4, -0.2) is 23.0 Å². The molecule has 0 bridgehead atoms. The monoisotopic (exact) mass is 299 g/mol. The average Bonchev–Trinajstić information content (AvgIpc) is 2.81. The summed E-state index contributed by atoms with van der Waals surface area (Å²) in [5.74, 6) is 0.711. The van der Waals surface area contributed by atoms with Crippen LogP contribution in [0.3, 0.4) is 0 Å². The molecule has 102 valence electrons. The van der Waals surface area contributed by atoms with Crippen LogP contribution < -0.4 is 0 Å². The second-order valence-electron chi connectivity index (χ2n) is 4.09. The van der Waals surface area contributed by atoms with Crippen molar-refractivity contribution in [3.8, 4) is 0 Å². The summed E-state index contributed by atoms with van der Waals surface area (Å²) in [5, 5.41) is -0.0859. The molecule has 0 aliphatic rings. The molecule has 2 heterocycles. The normalized spacial score (nSPS) is 11.7. The summed E-state index contributed by atoms with van der Waals surface area (Å²) >= 11 is 0. The molecule has 0 aromatic carbocycles. The zero-order chi connectivity index (χ0) is 13.9. The lowest BCUT2D eigenvalue weighted by Gasteiger charge is -2.05. The Kier molecular flexibility index (Phi) is 4.21. The van der Waals surface area contributed by atoms with E-state index in [4.69, 9.17) is 10.7 Å². The van der Waals surface area contributed by atoms with Crippen molar-refractivity contribution in [1.82, 2.24) is 14.5 Å². The largest absolute Gasteiger partial charge is 0.333 e. The van der Waals surface area contributed by atoms with Crippen LogP contribution in [0.15, 0.2) is 35.7 Å². The summed E-state index contributed by atoms with van der Waals surface area (Å²) in [6.07, 6.45) is 6.41. The first-order valence-corrected chi connectivity index (χ1v) is 8.21. The number of halogens is 1. The lowest BCUT2D eigenvalue weighted by molar-refractivity contribution is 0.606. The molecule has 0 spiro atoms. The van der Waals surface area contributed by atoms with E-state index in [1.807, 2.05) is 23.6 Å². The minimum Gasteiger partial charge on any atom is -0.333 e. The van der Waals surface area contributed by atoms with Gasteiger partial charge in [-0.2, -0.15) is 0 Å². The third-order valence-corrected chi connectivity index (χ3v) is 3.94. The van der Waals surface area contributed by atoms with Crippen LogP contribution in [-0.2, 0) is 28.4 Å². The number of aryl methyl sites for hydroxylation is 3. The van der Waals surface area contributed by atoms with Gasteiger partial charge in [-0.05, 0) is 18.1 Å². The highest BCUT2D eigenvalue weighted by atomic mass is 35.7. The van der Waals surface area contributed by atoms with Crippen molar-refractivity contribution in [3.63, 3.8) is 0 Å². The molecule has 0 N–H and O–H groups in total. The minimum absolute atomic E-state index is 0.0859. The van der Waals surface area contributed by atoms with Gasteiger partial charge in [0.25, 0.3) is 9.05 Å². The molecule has 0 radical (unpaired) electrons. The van der Waals surface area contributed by atoms with Crippen LogP contribution in [0, 0.1) is 0 Å². The lowest BCUT2D eigenvalue weighted by atomic mass is 10.2. The summed E-state index contributed by atoms with van der Waals surface area (Å²) < 4.78 is 24.4. The first kappa shape index (κ1) is 14.0. The second kappa shape index (κ2) is 5.71. The molecule has 0 unspecified atom stereocenters. The first-order valence-electron chi connectivity index (χ1n) is 5.90. The Bertz CT molecular complexity index is 653. The maximum Gasteiger partial charge on any atom is 0.280 e. The van der Waals surface area contributed by atoms with E-state index >= 15 is 0 Å². The second-order valence-corrected chi connectivity index (χ2v) is 6.60. The van der Waals surface area contributed by atoms with E-state index in [1.54, 1.807) is 12.4 Å². The van der Waals surface area contributed by atoms with Crippen LogP contribution >= 0.6 is 10.7 Å². The third-order valence-electron chi connectivity index (χ3n) is 2.77. The molecule has 19 heavy (non-hydrogen) atoms. The summed E-state index contributed by atoms with van der Waals surface area (Å²) in [5.41, 5.74) is 1.09. The minimum atomic E-state index is -3.77. The van der Waals surface area contributed by atoms with Crippen molar-refractivity contribution >= 4 is 19.7 Å². The van der Waals surface area contributed by atoms with Gasteiger partial charge in [-0.3, -0.25) is 4.98 Å². The average molecular weight is 300 g/mol. The van der Waals surface area contributed by atoms with Gasteiger partial charge in [0, 0.05) is 42.2 Å². The first-order chi connectivity index (χ1) is 9.00. The van der Waals surface area contributed by atoms with E-state index in [1.165, 1.54) is 6.20 Å². The van der Waals surface area contributed by atoms with Gasteiger partial charge in [-0.15, -0.1) is 0 Å². The van der Waals surface area contributed by atoms with E-state index in [-0.39, 0.29) is 5.03 Å². The predicted octanol–water partition coefficient (Wildman–Crippen LogP) is 2.01. The van der Waals surface area contributed by atoms with Crippen LogP contribution in [0.4, 0.5) is 0 Å². The highest BCUT2D eigenvalue weighted by molar-refractivity contribution is 8.13. The number of hydrogen-bond donors (Lipinski definition) is 0. The van der Waals surface area contributed by atoms with Crippen molar-refractivity contribution in [1.29, 1.82) is 0 Å². The molecule has 2 rings (SSSR count). The van der Waals surface area contributed by atoms with E-state index in [2.05, 4.69) is 9.97 Å². The SMILES string of the molecule is CCc1nc(S(=O)(=O)Cl)cn1CCc1cccnc1. The Labute approximate surface area is 116 Å². The Hall–Kier alpha value is -1.40. The molecule has 0 amide bonds. The summed E-state index contributed by atoms with van der Waals surface area (Å²) in [4.78, 5) is 8.08. The van der Waals surface area contributed by atoms with E-state index in [0.717, 1.165) is 12.0 Å². The molecule has 7 heteroatoms. The smallest absolute Gasteiger partial charge is 0.280 e. The van der Waals surface area contributed by atoms with Crippen molar-refractivity contribution in [3.05, 3.63) is 42.1 Å². The molecule has 0 atom stereocenters. The standard InChI is InChI=1S/C12H14ClN3O2S/c1-2-11-15-12(19(13,17)18)9-16(11)7-5-10-4-3-6-14-8-10/h3-4,6,8-9H,2,5,7H2,1H3. The van der Waals surface area contributed by atoms with E-state index < -0.39 is 9.05 Å². The molecule has 0 aliphatic heterocycles. The van der Waals surface area contributed by atoms with Crippen molar-refractivity contribution in [2.45, 2.75) is 31.3 Å². The predicted molar refractivity (Wildman–Crippen MR) is 72.6 cm³/mol. The highest BCUT2D eigenvalue weighted by Crippen LogP contribution is 2.15. The quantitative estimate of drug-likeness (QED) is 0.792. The fraction of sp³-hybridized carbons (Fsp3) is 0.333. The van der Waals surface area contributed by atoms with Gasteiger partial charge in [-0.25, -0.2) is 13.4 Å². The summed E-state index contributed by atoms with van der Waals surface area (Å²) in [6, 6.07) is 3.85.